The summed E-state index contributed by atoms with van der Waals surface area (Å²) in [6, 6.07) is 3.67. The summed E-state index contributed by atoms with van der Waals surface area (Å²) in [5.41, 5.74) is 0.0433. The minimum atomic E-state index is -3.81. The monoisotopic (exact) mass is 498 g/mol. The summed E-state index contributed by atoms with van der Waals surface area (Å²) in [5, 5.41) is 6.88. The summed E-state index contributed by atoms with van der Waals surface area (Å²) >= 11 is 0. The van der Waals surface area contributed by atoms with Crippen LogP contribution < -0.4 is 16.0 Å². The Labute approximate surface area is 198 Å². The van der Waals surface area contributed by atoms with Crippen molar-refractivity contribution in [3.63, 3.8) is 0 Å². The molecule has 13 heteroatoms. The quantitative estimate of drug-likeness (QED) is 0.396. The first kappa shape index (κ1) is 27.2. The Morgan fingerprint density at radius 2 is 1.82 bits per heavy atom. The highest BCUT2D eigenvalue weighted by Gasteiger charge is 2.29. The molecular weight excluding hydrogens is 468 g/mol. The average Bonchev–Trinajstić information content (AvgIpc) is 2.81. The molecule has 2 rings (SSSR count). The second kappa shape index (κ2) is 12.4. The van der Waals surface area contributed by atoms with Crippen LogP contribution in [0.1, 0.15) is 31.1 Å². The van der Waals surface area contributed by atoms with Crippen LogP contribution in [0.15, 0.2) is 29.2 Å². The second-order valence-electron chi connectivity index (χ2n) is 7.75. The van der Waals surface area contributed by atoms with Crippen molar-refractivity contribution < 1.29 is 37.1 Å². The number of amides is 4. The van der Waals surface area contributed by atoms with E-state index in [1.807, 2.05) is 5.32 Å². The summed E-state index contributed by atoms with van der Waals surface area (Å²) in [5.74, 6) is -2.77. The molecule has 34 heavy (non-hydrogen) atoms. The number of hydrogen-bond donors (Lipinski definition) is 3. The SMILES string of the molecule is CCNC(=O)NC(=O)COC(=O)[C@@H](NC(=O)c1cccc(S(=O)(=O)N2CCOCC2)c1)C(C)C. The maximum absolute atomic E-state index is 12.9. The lowest BCUT2D eigenvalue weighted by atomic mass is 10.0. The van der Waals surface area contributed by atoms with Gasteiger partial charge in [0, 0.05) is 25.2 Å². The Morgan fingerprint density at radius 1 is 1.15 bits per heavy atom. The number of esters is 1. The number of nitrogens with one attached hydrogen (secondary N) is 3. The fourth-order valence-electron chi connectivity index (χ4n) is 3.05. The van der Waals surface area contributed by atoms with E-state index in [1.165, 1.54) is 28.6 Å². The number of carbonyl (C=O) groups excluding carboxylic acids is 4. The van der Waals surface area contributed by atoms with Crippen LogP contribution in [0.2, 0.25) is 0 Å². The molecule has 0 radical (unpaired) electrons. The third kappa shape index (κ3) is 7.50. The van der Waals surface area contributed by atoms with Gasteiger partial charge in [-0.15, -0.1) is 0 Å². The van der Waals surface area contributed by atoms with Crippen LogP contribution in [0.25, 0.3) is 0 Å². The van der Waals surface area contributed by atoms with E-state index in [0.717, 1.165) is 0 Å². The average molecular weight is 499 g/mol. The van der Waals surface area contributed by atoms with Gasteiger partial charge < -0.3 is 20.1 Å². The van der Waals surface area contributed by atoms with Gasteiger partial charge in [-0.05, 0) is 31.0 Å². The highest BCUT2D eigenvalue weighted by Crippen LogP contribution is 2.19. The summed E-state index contributed by atoms with van der Waals surface area (Å²) in [7, 11) is -3.81. The van der Waals surface area contributed by atoms with Gasteiger partial charge >= 0.3 is 12.0 Å². The lowest BCUT2D eigenvalue weighted by molar-refractivity contribution is -0.151. The van der Waals surface area contributed by atoms with E-state index in [4.69, 9.17) is 9.47 Å². The van der Waals surface area contributed by atoms with Gasteiger partial charge in [-0.25, -0.2) is 18.0 Å². The number of sulfonamides is 1. The van der Waals surface area contributed by atoms with E-state index < -0.39 is 52.4 Å². The minimum absolute atomic E-state index is 0.0433. The number of nitrogens with zero attached hydrogens (tertiary/aromatic N) is 1. The second-order valence-corrected chi connectivity index (χ2v) is 9.69. The van der Waals surface area contributed by atoms with Gasteiger partial charge in [-0.2, -0.15) is 4.31 Å². The number of imide groups is 1. The zero-order valence-corrected chi connectivity index (χ0v) is 20.1. The number of urea groups is 1. The smallest absolute Gasteiger partial charge is 0.329 e. The van der Waals surface area contributed by atoms with Crippen LogP contribution in [0.3, 0.4) is 0 Å². The number of benzene rings is 1. The van der Waals surface area contributed by atoms with Gasteiger partial charge in [-0.3, -0.25) is 14.9 Å². The molecule has 0 aliphatic carbocycles. The third-order valence-corrected chi connectivity index (χ3v) is 6.74. The molecule has 1 atom stereocenters. The van der Waals surface area contributed by atoms with E-state index in [-0.39, 0.29) is 23.5 Å². The molecule has 1 heterocycles. The van der Waals surface area contributed by atoms with E-state index in [9.17, 15) is 27.6 Å². The molecule has 1 aliphatic heterocycles. The van der Waals surface area contributed by atoms with Crippen molar-refractivity contribution in [1.82, 2.24) is 20.3 Å². The Hall–Kier alpha value is -3.03. The largest absolute Gasteiger partial charge is 0.454 e. The summed E-state index contributed by atoms with van der Waals surface area (Å²) in [6.45, 7) is 5.63. The molecular formula is C21H30N4O8S. The summed E-state index contributed by atoms with van der Waals surface area (Å²) in [6.07, 6.45) is 0. The van der Waals surface area contributed by atoms with Gasteiger partial charge in [0.05, 0.1) is 18.1 Å². The molecule has 4 amide bonds. The molecule has 3 N–H and O–H groups in total. The van der Waals surface area contributed by atoms with E-state index in [1.54, 1.807) is 20.8 Å². The van der Waals surface area contributed by atoms with Gasteiger partial charge in [0.2, 0.25) is 10.0 Å². The molecule has 1 aromatic carbocycles. The van der Waals surface area contributed by atoms with Gasteiger partial charge in [0.1, 0.15) is 6.04 Å². The minimum Gasteiger partial charge on any atom is -0.454 e. The number of hydrogen-bond acceptors (Lipinski definition) is 8. The van der Waals surface area contributed by atoms with Crippen molar-refractivity contribution >= 4 is 33.8 Å². The topological polar surface area (TPSA) is 160 Å². The maximum Gasteiger partial charge on any atom is 0.329 e. The van der Waals surface area contributed by atoms with Gasteiger partial charge in [-0.1, -0.05) is 19.9 Å². The Bertz CT molecular complexity index is 1010. The first-order valence-corrected chi connectivity index (χ1v) is 12.2. The fraction of sp³-hybridized carbons (Fsp3) is 0.524. The normalized spacial score (nSPS) is 15.3. The molecule has 0 spiro atoms. The fourth-order valence-corrected chi connectivity index (χ4v) is 4.50. The van der Waals surface area contributed by atoms with Crippen LogP contribution in [-0.2, 0) is 29.1 Å². The van der Waals surface area contributed by atoms with Crippen LogP contribution >= 0.6 is 0 Å². The molecule has 0 saturated carbocycles. The van der Waals surface area contributed by atoms with Crippen LogP contribution in [0, 0.1) is 5.92 Å². The van der Waals surface area contributed by atoms with E-state index in [0.29, 0.717) is 19.8 Å². The Balaban J connectivity index is 2.05. The van der Waals surface area contributed by atoms with Crippen molar-refractivity contribution in [2.24, 2.45) is 5.92 Å². The van der Waals surface area contributed by atoms with Crippen molar-refractivity contribution in [2.75, 3.05) is 39.5 Å². The third-order valence-electron chi connectivity index (χ3n) is 4.85. The number of rotatable bonds is 9. The highest BCUT2D eigenvalue weighted by molar-refractivity contribution is 7.89. The molecule has 0 unspecified atom stereocenters. The zero-order chi connectivity index (χ0) is 25.3. The Kier molecular flexibility index (Phi) is 9.96. The predicted molar refractivity (Wildman–Crippen MR) is 120 cm³/mol. The van der Waals surface area contributed by atoms with Crippen molar-refractivity contribution in [1.29, 1.82) is 0 Å². The van der Waals surface area contributed by atoms with Gasteiger partial charge in [0.25, 0.3) is 11.8 Å². The maximum atomic E-state index is 12.9. The number of carbonyl (C=O) groups is 4. The van der Waals surface area contributed by atoms with E-state index >= 15 is 0 Å². The van der Waals surface area contributed by atoms with Crippen LogP contribution in [-0.4, -0.2) is 82.0 Å². The van der Waals surface area contributed by atoms with Crippen LogP contribution in [0.4, 0.5) is 4.79 Å². The standard InChI is InChI=1S/C21H30N4O8S/c1-4-22-21(29)23-17(26)13-33-20(28)18(14(2)3)24-19(27)15-6-5-7-16(12-15)34(30,31)25-8-10-32-11-9-25/h5-7,12,14,18H,4,8-11,13H2,1-3H3,(H,24,27)(H2,22,23,26,29)/t18-/m0/s1. The lowest BCUT2D eigenvalue weighted by Crippen LogP contribution is -2.47. The molecule has 1 aliphatic rings. The highest BCUT2D eigenvalue weighted by atomic mass is 32.2. The molecule has 0 bridgehead atoms. The first-order chi connectivity index (χ1) is 16.1. The molecule has 188 valence electrons. The first-order valence-electron chi connectivity index (χ1n) is 10.8. The molecule has 1 saturated heterocycles. The van der Waals surface area contributed by atoms with Gasteiger partial charge in [0.15, 0.2) is 6.61 Å². The molecule has 12 nitrogen and oxygen atoms in total. The lowest BCUT2D eigenvalue weighted by Gasteiger charge is -2.26. The van der Waals surface area contributed by atoms with Crippen LogP contribution in [0.5, 0.6) is 0 Å². The van der Waals surface area contributed by atoms with Crippen molar-refractivity contribution in [2.45, 2.75) is 31.7 Å². The van der Waals surface area contributed by atoms with E-state index in [2.05, 4.69) is 10.6 Å². The van der Waals surface area contributed by atoms with Crippen molar-refractivity contribution in [3.05, 3.63) is 29.8 Å². The number of morpholine rings is 1. The molecule has 1 aromatic rings. The predicted octanol–water partition coefficient (Wildman–Crippen LogP) is -0.149. The summed E-state index contributed by atoms with van der Waals surface area (Å²) in [4.78, 5) is 48.3. The zero-order valence-electron chi connectivity index (χ0n) is 19.3. The number of ether oxygens (including phenoxy) is 2. The summed E-state index contributed by atoms with van der Waals surface area (Å²) < 4.78 is 37.1. The molecule has 0 aromatic heterocycles. The Morgan fingerprint density at radius 3 is 2.44 bits per heavy atom. The van der Waals surface area contributed by atoms with Crippen molar-refractivity contribution in [3.8, 4) is 0 Å². The molecule has 1 fully saturated rings.